The number of ether oxygens (including phenoxy) is 1. The number of aryl methyl sites for hydroxylation is 1. The summed E-state index contributed by atoms with van der Waals surface area (Å²) in [6.07, 6.45) is 1.68. The summed E-state index contributed by atoms with van der Waals surface area (Å²) < 4.78 is 5.05. The van der Waals surface area contributed by atoms with Crippen molar-refractivity contribution in [3.63, 3.8) is 0 Å². The Balaban J connectivity index is 0.00000242. The third kappa shape index (κ3) is 3.76. The number of nitrogens with one attached hydrogen (secondary N) is 1. The third-order valence-corrected chi connectivity index (χ3v) is 4.01. The average Bonchev–Trinajstić information content (AvgIpc) is 3.22. The van der Waals surface area contributed by atoms with E-state index in [4.69, 9.17) is 4.74 Å². The maximum Gasteiger partial charge on any atom is 0.340 e. The smallest absolute Gasteiger partial charge is 0.340 e. The quantitative estimate of drug-likeness (QED) is 0.797. The van der Waals surface area contributed by atoms with Crippen LogP contribution in [0.4, 0.5) is 5.69 Å². The van der Waals surface area contributed by atoms with E-state index < -0.39 is 11.5 Å². The number of likely N-dealkylation sites (N-methyl/N-ethyl adjacent to an activating group) is 1. The first-order valence-corrected chi connectivity index (χ1v) is 7.18. The molecule has 0 aromatic heterocycles. The maximum atomic E-state index is 12.5. The second kappa shape index (κ2) is 7.67. The molecule has 1 radical (unpaired) electrons. The second-order valence-electron chi connectivity index (χ2n) is 5.60. The van der Waals surface area contributed by atoms with Gasteiger partial charge in [-0.2, -0.15) is 0 Å². The second-order valence-corrected chi connectivity index (χ2v) is 5.60. The SMILES string of the molecule is CCOC(=O)c1cccc(C)c1NC(=O)C1(N(C)C)CC1.[Y]. The number of benzene rings is 1. The molecular weight excluding hydrogens is 357 g/mol. The minimum Gasteiger partial charge on any atom is -0.462 e. The Morgan fingerprint density at radius 3 is 2.45 bits per heavy atom. The van der Waals surface area contributed by atoms with E-state index in [0.717, 1.165) is 18.4 Å². The Morgan fingerprint density at radius 1 is 1.32 bits per heavy atom. The van der Waals surface area contributed by atoms with E-state index in [2.05, 4.69) is 5.32 Å². The zero-order valence-corrected chi connectivity index (χ0v) is 16.4. The number of anilines is 1. The summed E-state index contributed by atoms with van der Waals surface area (Å²) in [5.41, 5.74) is 1.37. The number of nitrogens with zero attached hydrogens (tertiary/aromatic N) is 1. The number of para-hydroxylation sites is 1. The Bertz CT molecular complexity index is 569. The number of amides is 1. The number of rotatable bonds is 5. The Labute approximate surface area is 156 Å². The number of carbonyl (C=O) groups excluding carboxylic acids is 2. The van der Waals surface area contributed by atoms with Gasteiger partial charge in [0.25, 0.3) is 0 Å². The van der Waals surface area contributed by atoms with E-state index >= 15 is 0 Å². The van der Waals surface area contributed by atoms with Crippen LogP contribution in [0.3, 0.4) is 0 Å². The molecule has 117 valence electrons. The van der Waals surface area contributed by atoms with Gasteiger partial charge < -0.3 is 10.1 Å². The van der Waals surface area contributed by atoms with Crippen LogP contribution in [0.2, 0.25) is 0 Å². The molecule has 1 aromatic rings. The number of hydrogen-bond acceptors (Lipinski definition) is 4. The average molecular weight is 379 g/mol. The van der Waals surface area contributed by atoms with Crippen molar-refractivity contribution >= 4 is 17.6 Å². The predicted molar refractivity (Wildman–Crippen MR) is 81.4 cm³/mol. The Hall–Kier alpha value is -0.776. The van der Waals surface area contributed by atoms with Crippen LogP contribution in [0, 0.1) is 6.92 Å². The summed E-state index contributed by atoms with van der Waals surface area (Å²) in [7, 11) is 3.80. The van der Waals surface area contributed by atoms with Crippen molar-refractivity contribution in [1.82, 2.24) is 4.90 Å². The zero-order chi connectivity index (χ0) is 15.6. The normalized spacial score (nSPS) is 15.0. The molecule has 0 spiro atoms. The van der Waals surface area contributed by atoms with E-state index in [0.29, 0.717) is 17.9 Å². The fourth-order valence-corrected chi connectivity index (χ4v) is 2.44. The van der Waals surface area contributed by atoms with E-state index in [9.17, 15) is 9.59 Å². The first-order chi connectivity index (χ1) is 9.92. The first-order valence-electron chi connectivity index (χ1n) is 7.18. The molecule has 1 fully saturated rings. The summed E-state index contributed by atoms with van der Waals surface area (Å²) in [5, 5.41) is 2.92. The van der Waals surface area contributed by atoms with Crippen molar-refractivity contribution in [2.45, 2.75) is 32.2 Å². The predicted octanol–water partition coefficient (Wildman–Crippen LogP) is 2.20. The fraction of sp³-hybridized carbons (Fsp3) is 0.500. The van der Waals surface area contributed by atoms with Gasteiger partial charge in [-0.05, 0) is 52.4 Å². The Morgan fingerprint density at radius 2 is 1.95 bits per heavy atom. The van der Waals surface area contributed by atoms with Crippen LogP contribution in [0.15, 0.2) is 18.2 Å². The number of esters is 1. The van der Waals surface area contributed by atoms with Crippen molar-refractivity contribution in [1.29, 1.82) is 0 Å². The largest absolute Gasteiger partial charge is 0.462 e. The summed E-state index contributed by atoms with van der Waals surface area (Å²) in [5.74, 6) is -0.474. The molecule has 0 saturated heterocycles. The summed E-state index contributed by atoms with van der Waals surface area (Å²) >= 11 is 0. The van der Waals surface area contributed by atoms with Crippen LogP contribution >= 0.6 is 0 Å². The molecule has 1 aliphatic rings. The molecule has 1 aliphatic carbocycles. The molecule has 0 heterocycles. The van der Waals surface area contributed by atoms with Gasteiger partial charge in [0, 0.05) is 32.7 Å². The van der Waals surface area contributed by atoms with Gasteiger partial charge in [0.1, 0.15) is 5.54 Å². The molecule has 0 atom stereocenters. The first kappa shape index (κ1) is 19.3. The van der Waals surface area contributed by atoms with Gasteiger partial charge in [-0.25, -0.2) is 4.79 Å². The molecule has 1 aromatic carbocycles. The molecule has 2 rings (SSSR count). The van der Waals surface area contributed by atoms with Crippen molar-refractivity contribution in [2.75, 3.05) is 26.0 Å². The van der Waals surface area contributed by atoms with Crippen LogP contribution < -0.4 is 5.32 Å². The minimum atomic E-state index is -0.436. The van der Waals surface area contributed by atoms with E-state index in [1.165, 1.54) is 0 Å². The minimum absolute atomic E-state index is 0. The van der Waals surface area contributed by atoms with Gasteiger partial charge in [-0.3, -0.25) is 9.69 Å². The molecule has 0 aliphatic heterocycles. The van der Waals surface area contributed by atoms with Gasteiger partial charge in [-0.1, -0.05) is 12.1 Å². The van der Waals surface area contributed by atoms with E-state index in [-0.39, 0.29) is 38.6 Å². The van der Waals surface area contributed by atoms with Crippen molar-refractivity contribution in [2.24, 2.45) is 0 Å². The van der Waals surface area contributed by atoms with Crippen LogP contribution in [-0.4, -0.2) is 43.0 Å². The summed E-state index contributed by atoms with van der Waals surface area (Å²) in [6.45, 7) is 3.94. The maximum absolute atomic E-state index is 12.5. The number of carbonyl (C=O) groups is 2. The molecule has 1 saturated carbocycles. The van der Waals surface area contributed by atoms with Crippen LogP contribution in [0.5, 0.6) is 0 Å². The van der Waals surface area contributed by atoms with Crippen molar-refractivity contribution in [3.05, 3.63) is 29.3 Å². The van der Waals surface area contributed by atoms with E-state index in [1.807, 2.05) is 32.0 Å². The summed E-state index contributed by atoms with van der Waals surface area (Å²) in [4.78, 5) is 26.5. The molecular formula is C16H22N2O3Y. The van der Waals surface area contributed by atoms with Crippen LogP contribution in [0.1, 0.15) is 35.7 Å². The molecule has 22 heavy (non-hydrogen) atoms. The molecule has 0 unspecified atom stereocenters. The standard InChI is InChI=1S/C16H22N2O3.Y/c1-5-21-14(19)12-8-6-7-11(2)13(12)17-15(20)16(9-10-16)18(3)4;/h6-8H,5,9-10H2,1-4H3,(H,17,20);. The molecule has 1 N–H and O–H groups in total. The molecule has 5 nitrogen and oxygen atoms in total. The van der Waals surface area contributed by atoms with Crippen molar-refractivity contribution < 1.29 is 47.0 Å². The van der Waals surface area contributed by atoms with Gasteiger partial charge >= 0.3 is 5.97 Å². The topological polar surface area (TPSA) is 58.6 Å². The summed E-state index contributed by atoms with van der Waals surface area (Å²) in [6, 6.07) is 5.33. The zero-order valence-electron chi connectivity index (χ0n) is 13.6. The molecule has 6 heteroatoms. The third-order valence-electron chi connectivity index (χ3n) is 4.01. The van der Waals surface area contributed by atoms with Crippen LogP contribution in [-0.2, 0) is 42.2 Å². The van der Waals surface area contributed by atoms with Crippen molar-refractivity contribution in [3.8, 4) is 0 Å². The van der Waals surface area contributed by atoms with Gasteiger partial charge in [0.15, 0.2) is 0 Å². The number of hydrogen-bond donors (Lipinski definition) is 1. The van der Waals surface area contributed by atoms with Gasteiger partial charge in [0.05, 0.1) is 17.9 Å². The fourth-order valence-electron chi connectivity index (χ4n) is 2.44. The van der Waals surface area contributed by atoms with E-state index in [1.54, 1.807) is 19.1 Å². The van der Waals surface area contributed by atoms with Gasteiger partial charge in [-0.15, -0.1) is 0 Å². The molecule has 0 bridgehead atoms. The van der Waals surface area contributed by atoms with Crippen LogP contribution in [0.25, 0.3) is 0 Å². The monoisotopic (exact) mass is 379 g/mol. The Kier molecular flexibility index (Phi) is 6.72. The molecule has 1 amide bonds. The van der Waals surface area contributed by atoms with Gasteiger partial charge in [0.2, 0.25) is 5.91 Å².